The summed E-state index contributed by atoms with van der Waals surface area (Å²) in [5.41, 5.74) is 12.9. The molecule has 0 fully saturated rings. The van der Waals surface area contributed by atoms with Gasteiger partial charge < -0.3 is 14.0 Å². The highest BCUT2D eigenvalue weighted by atomic mass is 15.1. The Morgan fingerprint density at radius 2 is 0.909 bits per heavy atom. The first-order valence-corrected chi connectivity index (χ1v) is 18.9. The molecule has 0 radical (unpaired) electrons. The minimum absolute atomic E-state index is 1.11. The molecule has 0 unspecified atom stereocenters. The minimum Gasteiger partial charge on any atom is -0.310 e. The summed E-state index contributed by atoms with van der Waals surface area (Å²) in [6.07, 6.45) is 0. The number of para-hydroxylation sites is 4. The molecule has 0 aliphatic carbocycles. The van der Waals surface area contributed by atoms with E-state index in [0.29, 0.717) is 0 Å². The first-order chi connectivity index (χ1) is 27.3. The molecule has 2 heterocycles. The molecule has 0 atom stereocenters. The third kappa shape index (κ3) is 5.05. The topological polar surface area (TPSA) is 13.1 Å². The summed E-state index contributed by atoms with van der Waals surface area (Å²) in [6, 6.07) is 76.8. The number of aromatic nitrogens is 2. The van der Waals surface area contributed by atoms with Crippen LogP contribution in [0.15, 0.2) is 212 Å². The number of anilines is 3. The van der Waals surface area contributed by atoms with E-state index in [-0.39, 0.29) is 0 Å². The predicted molar refractivity (Wildman–Crippen MR) is 233 cm³/mol. The SMILES string of the molecule is c1ccc(-c2cccc(N(c3ccccc3)c3ccc4cc(-n5c6ccccc6c6ccc7c(c8ccccc8n7-c7ccccc7)c65)ccc4c3)c2)cc1. The molecule has 3 nitrogen and oxygen atoms in total. The second kappa shape index (κ2) is 12.6. The van der Waals surface area contributed by atoms with E-state index in [0.717, 1.165) is 28.4 Å². The van der Waals surface area contributed by atoms with Gasteiger partial charge in [-0.05, 0) is 101 Å². The highest BCUT2D eigenvalue weighted by Crippen LogP contribution is 2.43. The number of nitrogens with zero attached hydrogens (tertiary/aromatic N) is 3. The summed E-state index contributed by atoms with van der Waals surface area (Å²) < 4.78 is 4.88. The van der Waals surface area contributed by atoms with Gasteiger partial charge in [0.2, 0.25) is 0 Å². The molecular weight excluding hydrogens is 667 g/mol. The second-order valence-corrected chi connectivity index (χ2v) is 14.2. The molecule has 11 aromatic rings. The number of rotatable bonds is 6. The first kappa shape index (κ1) is 31.2. The van der Waals surface area contributed by atoms with Crippen molar-refractivity contribution in [1.82, 2.24) is 9.13 Å². The van der Waals surface area contributed by atoms with Crippen LogP contribution in [0.4, 0.5) is 17.1 Å². The van der Waals surface area contributed by atoms with Gasteiger partial charge in [0.15, 0.2) is 0 Å². The fourth-order valence-electron chi connectivity index (χ4n) is 8.61. The maximum Gasteiger partial charge on any atom is 0.0641 e. The molecule has 0 saturated heterocycles. The largest absolute Gasteiger partial charge is 0.310 e. The summed E-state index contributed by atoms with van der Waals surface area (Å²) >= 11 is 0. The molecule has 11 rings (SSSR count). The van der Waals surface area contributed by atoms with Crippen molar-refractivity contribution in [3.05, 3.63) is 212 Å². The van der Waals surface area contributed by atoms with Gasteiger partial charge in [-0.2, -0.15) is 0 Å². The van der Waals surface area contributed by atoms with Crippen LogP contribution in [0.25, 0.3) is 76.9 Å². The van der Waals surface area contributed by atoms with Crippen molar-refractivity contribution in [2.75, 3.05) is 4.90 Å². The fraction of sp³-hybridized carbons (Fsp3) is 0. The highest BCUT2D eigenvalue weighted by molar-refractivity contribution is 6.26. The Balaban J connectivity index is 1.10. The number of benzene rings is 9. The Bertz CT molecular complexity index is 3190. The van der Waals surface area contributed by atoms with Gasteiger partial charge in [-0.25, -0.2) is 0 Å². The molecule has 0 aliphatic rings. The zero-order valence-electron chi connectivity index (χ0n) is 30.0. The Morgan fingerprint density at radius 3 is 1.71 bits per heavy atom. The van der Waals surface area contributed by atoms with Crippen LogP contribution in [-0.4, -0.2) is 9.13 Å². The molecule has 0 amide bonds. The van der Waals surface area contributed by atoms with Gasteiger partial charge in [0.25, 0.3) is 0 Å². The molecule has 258 valence electrons. The van der Waals surface area contributed by atoms with E-state index < -0.39 is 0 Å². The summed E-state index contributed by atoms with van der Waals surface area (Å²) in [4.78, 5) is 2.35. The van der Waals surface area contributed by atoms with Gasteiger partial charge in [-0.3, -0.25) is 0 Å². The number of hydrogen-bond donors (Lipinski definition) is 0. The normalized spacial score (nSPS) is 11.6. The molecule has 2 aromatic heterocycles. The standard InChI is InChI=1S/C52H35N3/c1-4-15-36(16-5-1)37-17-14-22-42(33-37)53(40-18-6-2-7-19-40)43-29-27-39-35-44(30-28-38(39)34-43)55-48-25-12-10-23-45(48)46-31-32-50-51(52(46)55)47-24-11-13-26-49(47)54(50)41-20-8-3-9-21-41/h1-35H. The smallest absolute Gasteiger partial charge is 0.0641 e. The van der Waals surface area contributed by atoms with Gasteiger partial charge in [0, 0.05) is 50.0 Å². The van der Waals surface area contributed by atoms with Gasteiger partial charge in [-0.15, -0.1) is 0 Å². The lowest BCUT2D eigenvalue weighted by Crippen LogP contribution is -2.09. The predicted octanol–water partition coefficient (Wildman–Crippen LogP) is 14.2. The Labute approximate surface area is 319 Å². The highest BCUT2D eigenvalue weighted by Gasteiger charge is 2.21. The lowest BCUT2D eigenvalue weighted by Gasteiger charge is -2.26. The quantitative estimate of drug-likeness (QED) is 0.168. The van der Waals surface area contributed by atoms with Crippen LogP contribution >= 0.6 is 0 Å². The Hall–Kier alpha value is -7.36. The van der Waals surface area contributed by atoms with Crippen molar-refractivity contribution >= 4 is 71.4 Å². The lowest BCUT2D eigenvalue weighted by molar-refractivity contribution is 1.18. The van der Waals surface area contributed by atoms with E-state index in [9.17, 15) is 0 Å². The fourth-order valence-corrected chi connectivity index (χ4v) is 8.61. The summed E-state index contributed by atoms with van der Waals surface area (Å²) in [5.74, 6) is 0. The van der Waals surface area contributed by atoms with Gasteiger partial charge in [0.1, 0.15) is 0 Å². The lowest BCUT2D eigenvalue weighted by atomic mass is 10.0. The number of hydrogen-bond acceptors (Lipinski definition) is 1. The van der Waals surface area contributed by atoms with Crippen LogP contribution in [0.3, 0.4) is 0 Å². The first-order valence-electron chi connectivity index (χ1n) is 18.9. The maximum absolute atomic E-state index is 2.48. The van der Waals surface area contributed by atoms with E-state index in [4.69, 9.17) is 0 Å². The average Bonchev–Trinajstić information content (AvgIpc) is 3.78. The van der Waals surface area contributed by atoms with Crippen molar-refractivity contribution in [1.29, 1.82) is 0 Å². The molecule has 0 bridgehead atoms. The van der Waals surface area contributed by atoms with Crippen LogP contribution in [0.2, 0.25) is 0 Å². The second-order valence-electron chi connectivity index (χ2n) is 14.2. The van der Waals surface area contributed by atoms with Crippen molar-refractivity contribution in [3.8, 4) is 22.5 Å². The van der Waals surface area contributed by atoms with Gasteiger partial charge >= 0.3 is 0 Å². The van der Waals surface area contributed by atoms with Crippen molar-refractivity contribution in [3.63, 3.8) is 0 Å². The third-order valence-corrected chi connectivity index (χ3v) is 11.0. The zero-order valence-corrected chi connectivity index (χ0v) is 30.0. The molecule has 0 spiro atoms. The molecule has 0 N–H and O–H groups in total. The molecule has 3 heteroatoms. The van der Waals surface area contributed by atoms with E-state index in [1.807, 2.05) is 0 Å². The van der Waals surface area contributed by atoms with Crippen molar-refractivity contribution < 1.29 is 0 Å². The van der Waals surface area contributed by atoms with Crippen LogP contribution in [0.5, 0.6) is 0 Å². The van der Waals surface area contributed by atoms with E-state index in [1.54, 1.807) is 0 Å². The summed E-state index contributed by atoms with van der Waals surface area (Å²) in [6.45, 7) is 0. The van der Waals surface area contributed by atoms with Crippen LogP contribution < -0.4 is 4.90 Å². The van der Waals surface area contributed by atoms with E-state index in [2.05, 4.69) is 226 Å². The Kier molecular flexibility index (Phi) is 7.17. The molecule has 55 heavy (non-hydrogen) atoms. The molecule has 0 saturated carbocycles. The van der Waals surface area contributed by atoms with Crippen LogP contribution in [0, 0.1) is 0 Å². The van der Waals surface area contributed by atoms with Gasteiger partial charge in [0.05, 0.1) is 22.1 Å². The van der Waals surface area contributed by atoms with Gasteiger partial charge in [-0.1, -0.05) is 133 Å². The maximum atomic E-state index is 2.48. The van der Waals surface area contributed by atoms with E-state index >= 15 is 0 Å². The third-order valence-electron chi connectivity index (χ3n) is 11.0. The Morgan fingerprint density at radius 1 is 0.309 bits per heavy atom. The summed E-state index contributed by atoms with van der Waals surface area (Å²) in [7, 11) is 0. The molecule has 0 aliphatic heterocycles. The summed E-state index contributed by atoms with van der Waals surface area (Å²) in [5, 5.41) is 7.40. The monoisotopic (exact) mass is 701 g/mol. The molecule has 9 aromatic carbocycles. The number of fused-ring (bicyclic) bond motifs is 8. The zero-order chi connectivity index (χ0) is 36.3. The average molecular weight is 702 g/mol. The van der Waals surface area contributed by atoms with Crippen LogP contribution in [-0.2, 0) is 0 Å². The van der Waals surface area contributed by atoms with Crippen molar-refractivity contribution in [2.45, 2.75) is 0 Å². The van der Waals surface area contributed by atoms with E-state index in [1.165, 1.54) is 65.5 Å². The van der Waals surface area contributed by atoms with Crippen molar-refractivity contribution in [2.24, 2.45) is 0 Å². The molecular formula is C52H35N3. The minimum atomic E-state index is 1.11. The van der Waals surface area contributed by atoms with Crippen LogP contribution in [0.1, 0.15) is 0 Å².